The number of nitrogens with zero attached hydrogens (tertiary/aromatic N) is 5. The number of aliphatic hydroxyl groups is 2. The number of anilines is 2. The first-order chi connectivity index (χ1) is 16.9. The Balaban J connectivity index is 1.75. The lowest BCUT2D eigenvalue weighted by Gasteiger charge is -2.21. The molecular formula is C22H26F3N7O3S. The van der Waals surface area contributed by atoms with Crippen LogP contribution in [0.1, 0.15) is 17.8 Å². The minimum Gasteiger partial charge on any atom is -0.390 e. The maximum Gasteiger partial charge on any atom is 0.405 e. The normalized spacial score (nSPS) is 22.1. The highest BCUT2D eigenvalue weighted by Crippen LogP contribution is 2.38. The zero-order valence-electron chi connectivity index (χ0n) is 20.0. The Morgan fingerprint density at radius 1 is 1.17 bits per heavy atom. The van der Waals surface area contributed by atoms with Gasteiger partial charge in [0.15, 0.2) is 0 Å². The van der Waals surface area contributed by atoms with Crippen LogP contribution in [0.25, 0.3) is 20.8 Å². The van der Waals surface area contributed by atoms with E-state index in [-0.39, 0.29) is 24.1 Å². The first-order valence-corrected chi connectivity index (χ1v) is 11.9. The van der Waals surface area contributed by atoms with Crippen LogP contribution in [0.5, 0.6) is 0 Å². The lowest BCUT2D eigenvalue weighted by atomic mass is 10.0. The van der Waals surface area contributed by atoms with Gasteiger partial charge in [0.1, 0.15) is 29.0 Å². The first kappa shape index (κ1) is 26.0. The van der Waals surface area contributed by atoms with Gasteiger partial charge in [0.2, 0.25) is 11.9 Å². The Kier molecular flexibility index (Phi) is 7.03. The number of aryl methyl sites for hydroxylation is 2. The average Bonchev–Trinajstić information content (AvgIpc) is 3.34. The molecular weight excluding hydrogens is 499 g/mol. The SMILES string of the molecule is Cc1nc(NCC(F)(F)F)nc(NC2C[C@H](C(=O)N(C)C)[C@@H](O)[C@H]2O)c1-c1nc2c(C)nccc2s1. The van der Waals surface area contributed by atoms with E-state index >= 15 is 0 Å². The standard InChI is InChI=1S/C22H26F3N7O3S/c1-9-14(19-30-15-10(2)26-6-5-13(15)36-19)18(31-21(28-9)27-8-22(23,24)25)29-12-7-11(16(33)17(12)34)20(35)32(3)4/h5-6,11-12,16-17,33-34H,7-8H2,1-4H3,(H2,27,28,29,31)/t11-,12?,16+,17-/m0/s1. The van der Waals surface area contributed by atoms with E-state index in [1.165, 1.54) is 16.2 Å². The molecule has 3 heterocycles. The molecule has 0 radical (unpaired) electrons. The van der Waals surface area contributed by atoms with Crippen molar-refractivity contribution in [1.82, 2.24) is 24.8 Å². The molecule has 0 aliphatic heterocycles. The largest absolute Gasteiger partial charge is 0.405 e. The molecule has 0 aromatic carbocycles. The van der Waals surface area contributed by atoms with Crippen molar-refractivity contribution in [3.63, 3.8) is 0 Å². The molecule has 0 bridgehead atoms. The Labute approximate surface area is 208 Å². The molecule has 1 saturated carbocycles. The van der Waals surface area contributed by atoms with Crippen molar-refractivity contribution >= 4 is 39.2 Å². The number of aliphatic hydroxyl groups excluding tert-OH is 2. The van der Waals surface area contributed by atoms with Gasteiger partial charge in [-0.15, -0.1) is 11.3 Å². The van der Waals surface area contributed by atoms with E-state index in [0.29, 0.717) is 27.5 Å². The number of alkyl halides is 3. The van der Waals surface area contributed by atoms with Crippen LogP contribution in [0.3, 0.4) is 0 Å². The second-order valence-electron chi connectivity index (χ2n) is 8.89. The van der Waals surface area contributed by atoms with Crippen LogP contribution in [0.4, 0.5) is 24.9 Å². The molecule has 10 nitrogen and oxygen atoms in total. The number of aromatic nitrogens is 4. The Bertz CT molecular complexity index is 1280. The van der Waals surface area contributed by atoms with Gasteiger partial charge in [-0.05, 0) is 26.3 Å². The molecule has 1 aliphatic carbocycles. The predicted molar refractivity (Wildman–Crippen MR) is 129 cm³/mol. The fourth-order valence-corrected chi connectivity index (χ4v) is 5.32. The number of hydrogen-bond donors (Lipinski definition) is 4. The van der Waals surface area contributed by atoms with Crippen LogP contribution in [0.15, 0.2) is 12.3 Å². The van der Waals surface area contributed by atoms with E-state index in [1.54, 1.807) is 33.3 Å². The highest BCUT2D eigenvalue weighted by molar-refractivity contribution is 7.21. The molecule has 4 rings (SSSR count). The van der Waals surface area contributed by atoms with E-state index < -0.39 is 36.9 Å². The molecule has 3 aromatic rings. The fourth-order valence-electron chi connectivity index (χ4n) is 4.21. The lowest BCUT2D eigenvalue weighted by molar-refractivity contribution is -0.137. The molecule has 3 aromatic heterocycles. The van der Waals surface area contributed by atoms with Crippen LogP contribution in [0, 0.1) is 19.8 Å². The number of fused-ring (bicyclic) bond motifs is 1. The van der Waals surface area contributed by atoms with Crippen LogP contribution in [-0.4, -0.2) is 86.0 Å². The van der Waals surface area contributed by atoms with Gasteiger partial charge in [-0.2, -0.15) is 18.2 Å². The zero-order valence-corrected chi connectivity index (χ0v) is 20.8. The summed E-state index contributed by atoms with van der Waals surface area (Å²) in [7, 11) is 3.10. The number of hydrogen-bond acceptors (Lipinski definition) is 10. The highest BCUT2D eigenvalue weighted by atomic mass is 32.1. The van der Waals surface area contributed by atoms with Crippen molar-refractivity contribution in [2.45, 2.75) is 44.7 Å². The summed E-state index contributed by atoms with van der Waals surface area (Å²) in [4.78, 5) is 31.2. The average molecular weight is 526 g/mol. The molecule has 1 aliphatic rings. The van der Waals surface area contributed by atoms with Crippen LogP contribution < -0.4 is 10.6 Å². The van der Waals surface area contributed by atoms with Gasteiger partial charge in [-0.1, -0.05) is 0 Å². The van der Waals surface area contributed by atoms with Crippen LogP contribution in [0.2, 0.25) is 0 Å². The summed E-state index contributed by atoms with van der Waals surface area (Å²) in [6.07, 6.45) is -5.36. The van der Waals surface area contributed by atoms with Crippen LogP contribution in [-0.2, 0) is 4.79 Å². The van der Waals surface area contributed by atoms with E-state index in [9.17, 15) is 28.2 Å². The molecule has 14 heteroatoms. The molecule has 1 unspecified atom stereocenters. The molecule has 4 atom stereocenters. The van der Waals surface area contributed by atoms with Crippen molar-refractivity contribution in [3.8, 4) is 10.6 Å². The number of nitrogens with one attached hydrogen (secondary N) is 2. The van der Waals surface area contributed by atoms with Gasteiger partial charge in [0, 0.05) is 20.3 Å². The van der Waals surface area contributed by atoms with Gasteiger partial charge in [-0.3, -0.25) is 9.78 Å². The molecule has 4 N–H and O–H groups in total. The van der Waals surface area contributed by atoms with E-state index in [2.05, 4.69) is 30.6 Å². The number of rotatable bonds is 6. The molecule has 0 saturated heterocycles. The van der Waals surface area contributed by atoms with Gasteiger partial charge >= 0.3 is 6.18 Å². The van der Waals surface area contributed by atoms with E-state index in [0.717, 1.165) is 4.70 Å². The smallest absolute Gasteiger partial charge is 0.390 e. The summed E-state index contributed by atoms with van der Waals surface area (Å²) in [5.41, 5.74) is 2.19. The van der Waals surface area contributed by atoms with Crippen molar-refractivity contribution in [3.05, 3.63) is 23.7 Å². The summed E-state index contributed by atoms with van der Waals surface area (Å²) in [6.45, 7) is 2.11. The Morgan fingerprint density at radius 2 is 1.89 bits per heavy atom. The van der Waals surface area contributed by atoms with E-state index in [1.807, 2.05) is 6.92 Å². The number of carbonyl (C=O) groups is 1. The molecule has 194 valence electrons. The quantitative estimate of drug-likeness (QED) is 0.382. The Morgan fingerprint density at radius 3 is 2.53 bits per heavy atom. The third-order valence-electron chi connectivity index (χ3n) is 6.00. The number of amides is 1. The summed E-state index contributed by atoms with van der Waals surface area (Å²) in [6, 6.07) is 1.01. The van der Waals surface area contributed by atoms with Crippen molar-refractivity contribution in [1.29, 1.82) is 0 Å². The second kappa shape index (κ2) is 9.75. The number of pyridine rings is 1. The second-order valence-corrected chi connectivity index (χ2v) is 9.92. The Hall–Kier alpha value is -3.10. The topological polar surface area (TPSA) is 136 Å². The predicted octanol–water partition coefficient (Wildman–Crippen LogP) is 2.35. The molecule has 36 heavy (non-hydrogen) atoms. The van der Waals surface area contributed by atoms with Crippen molar-refractivity contribution in [2.75, 3.05) is 31.3 Å². The zero-order chi connectivity index (χ0) is 26.4. The maximum atomic E-state index is 12.8. The maximum absolute atomic E-state index is 12.8. The number of carbonyl (C=O) groups excluding carboxylic acids is 1. The summed E-state index contributed by atoms with van der Waals surface area (Å²) >= 11 is 1.34. The van der Waals surface area contributed by atoms with Crippen molar-refractivity contribution < 1.29 is 28.2 Å². The minimum atomic E-state index is -4.48. The monoisotopic (exact) mass is 525 g/mol. The summed E-state index contributed by atoms with van der Waals surface area (Å²) in [5, 5.41) is 26.9. The third kappa shape index (κ3) is 5.20. The minimum absolute atomic E-state index is 0.0933. The molecule has 0 spiro atoms. The summed E-state index contributed by atoms with van der Waals surface area (Å²) in [5.74, 6) is -1.32. The van der Waals surface area contributed by atoms with Gasteiger partial charge in [0.05, 0.1) is 39.7 Å². The first-order valence-electron chi connectivity index (χ1n) is 11.1. The molecule has 1 fully saturated rings. The van der Waals surface area contributed by atoms with Crippen LogP contribution >= 0.6 is 11.3 Å². The molecule has 1 amide bonds. The number of halogens is 3. The van der Waals surface area contributed by atoms with Gasteiger partial charge in [0.25, 0.3) is 0 Å². The number of thiazole rings is 1. The third-order valence-corrected chi connectivity index (χ3v) is 7.04. The fraction of sp³-hybridized carbons (Fsp3) is 0.500. The van der Waals surface area contributed by atoms with Gasteiger partial charge in [-0.25, -0.2) is 9.97 Å². The lowest BCUT2D eigenvalue weighted by Crippen LogP contribution is -2.38. The summed E-state index contributed by atoms with van der Waals surface area (Å²) < 4.78 is 39.3. The van der Waals surface area contributed by atoms with Crippen molar-refractivity contribution in [2.24, 2.45) is 5.92 Å². The van der Waals surface area contributed by atoms with E-state index in [4.69, 9.17) is 0 Å². The highest BCUT2D eigenvalue weighted by Gasteiger charge is 2.46. The van der Waals surface area contributed by atoms with Gasteiger partial charge < -0.3 is 25.7 Å².